The van der Waals surface area contributed by atoms with Crippen LogP contribution in [0.15, 0.2) is 121 Å². The van der Waals surface area contributed by atoms with Crippen LogP contribution in [-0.4, -0.2) is 13.2 Å². The van der Waals surface area contributed by atoms with Gasteiger partial charge < -0.3 is 9.47 Å². The predicted octanol–water partition coefficient (Wildman–Crippen LogP) is 16.8. The number of hydrogen-bond donors (Lipinski definition) is 0. The van der Waals surface area contributed by atoms with E-state index < -0.39 is 0 Å². The van der Waals surface area contributed by atoms with E-state index in [4.69, 9.17) is 9.47 Å². The van der Waals surface area contributed by atoms with Crippen LogP contribution in [0.1, 0.15) is 164 Å². The SMILES string of the molecule is CCCCCCOc1ccc(-c2ccc(C3CCC(CCc4cccc(CCC5CCC(c6ccc(-c7ccc(OCCCCCC)cc7)cc6)CC5)c4)CC3)cc2)cc1. The Morgan fingerprint density at radius 2 is 0.767 bits per heavy atom. The second-order valence-corrected chi connectivity index (χ2v) is 18.4. The first-order valence-electron chi connectivity index (χ1n) is 24.4. The lowest BCUT2D eigenvalue weighted by Crippen LogP contribution is -2.14. The van der Waals surface area contributed by atoms with Gasteiger partial charge in [-0.3, -0.25) is 0 Å². The average molecular weight is 803 g/mol. The van der Waals surface area contributed by atoms with Crippen molar-refractivity contribution in [1.82, 2.24) is 0 Å². The van der Waals surface area contributed by atoms with Crippen molar-refractivity contribution in [3.63, 3.8) is 0 Å². The minimum atomic E-state index is 0.706. The topological polar surface area (TPSA) is 18.5 Å². The van der Waals surface area contributed by atoms with Crippen molar-refractivity contribution in [2.24, 2.45) is 11.8 Å². The molecule has 0 aliphatic heterocycles. The quantitative estimate of drug-likeness (QED) is 0.0649. The summed E-state index contributed by atoms with van der Waals surface area (Å²) in [5.74, 6) is 5.10. The van der Waals surface area contributed by atoms with Crippen LogP contribution in [0, 0.1) is 11.8 Å². The van der Waals surface area contributed by atoms with E-state index in [1.54, 1.807) is 11.1 Å². The molecular weight excluding hydrogens is 729 g/mol. The molecule has 60 heavy (non-hydrogen) atoms. The molecule has 2 heteroatoms. The highest BCUT2D eigenvalue weighted by Gasteiger charge is 2.24. The molecule has 2 aliphatic carbocycles. The second kappa shape index (κ2) is 23.6. The lowest BCUT2D eigenvalue weighted by Gasteiger charge is -2.29. The summed E-state index contributed by atoms with van der Waals surface area (Å²) >= 11 is 0. The van der Waals surface area contributed by atoms with Crippen LogP contribution in [-0.2, 0) is 12.8 Å². The van der Waals surface area contributed by atoms with Crippen LogP contribution in [0.3, 0.4) is 0 Å². The average Bonchev–Trinajstić information content (AvgIpc) is 3.31. The smallest absolute Gasteiger partial charge is 0.119 e. The first-order chi connectivity index (χ1) is 29.6. The molecule has 0 atom stereocenters. The van der Waals surface area contributed by atoms with Gasteiger partial charge in [-0.25, -0.2) is 0 Å². The molecule has 0 spiro atoms. The number of ether oxygens (including phenoxy) is 2. The standard InChI is InChI=1S/C58H74O2/c1-3-5-7-9-42-59-57-38-34-55(35-39-57)53-30-26-51(27-31-53)49-22-18-45(19-23-49)14-16-47-12-11-13-48(44-47)17-15-46-20-24-50(25-21-46)52-28-32-54(33-29-52)56-36-40-58(41-37-56)60-43-10-8-6-4-2/h11-13,26-41,44-46,49-50H,3-10,14-25,42-43H2,1-2H3. The van der Waals surface area contributed by atoms with E-state index in [1.165, 1.54) is 149 Å². The minimum Gasteiger partial charge on any atom is -0.494 e. The third-order valence-corrected chi connectivity index (χ3v) is 14.0. The fourth-order valence-corrected chi connectivity index (χ4v) is 10.1. The molecule has 0 N–H and O–H groups in total. The molecule has 0 radical (unpaired) electrons. The van der Waals surface area contributed by atoms with Crippen molar-refractivity contribution in [3.05, 3.63) is 144 Å². The number of rotatable bonds is 22. The van der Waals surface area contributed by atoms with Crippen molar-refractivity contribution in [3.8, 4) is 33.8 Å². The largest absolute Gasteiger partial charge is 0.494 e. The van der Waals surface area contributed by atoms with Gasteiger partial charge in [-0.2, -0.15) is 0 Å². The van der Waals surface area contributed by atoms with E-state index in [9.17, 15) is 0 Å². The van der Waals surface area contributed by atoms with Gasteiger partial charge in [0, 0.05) is 0 Å². The zero-order valence-corrected chi connectivity index (χ0v) is 37.2. The van der Waals surface area contributed by atoms with Crippen LogP contribution in [0.4, 0.5) is 0 Å². The van der Waals surface area contributed by atoms with Gasteiger partial charge in [0.2, 0.25) is 0 Å². The molecule has 2 nitrogen and oxygen atoms in total. The summed E-state index contributed by atoms with van der Waals surface area (Å²) < 4.78 is 11.9. The van der Waals surface area contributed by atoms with Crippen LogP contribution in [0.25, 0.3) is 22.3 Å². The molecule has 5 aromatic carbocycles. The van der Waals surface area contributed by atoms with Crippen LogP contribution in [0.2, 0.25) is 0 Å². The Bertz CT molecular complexity index is 1780. The van der Waals surface area contributed by atoms with E-state index >= 15 is 0 Å². The maximum absolute atomic E-state index is 5.96. The van der Waals surface area contributed by atoms with E-state index in [2.05, 4.69) is 135 Å². The van der Waals surface area contributed by atoms with Gasteiger partial charge in [0.1, 0.15) is 11.5 Å². The summed E-state index contributed by atoms with van der Waals surface area (Å²) in [5.41, 5.74) is 11.3. The molecule has 0 bridgehead atoms. The van der Waals surface area contributed by atoms with Crippen molar-refractivity contribution in [2.45, 2.75) is 154 Å². The van der Waals surface area contributed by atoms with Crippen LogP contribution >= 0.6 is 0 Å². The zero-order chi connectivity index (χ0) is 41.2. The van der Waals surface area contributed by atoms with Gasteiger partial charge in [0.05, 0.1) is 13.2 Å². The second-order valence-electron chi connectivity index (χ2n) is 18.4. The van der Waals surface area contributed by atoms with E-state index in [0.29, 0.717) is 11.8 Å². The Balaban J connectivity index is 0.779. The van der Waals surface area contributed by atoms with Crippen molar-refractivity contribution >= 4 is 0 Å². The minimum absolute atomic E-state index is 0.706. The first-order valence-corrected chi connectivity index (χ1v) is 24.4. The molecule has 0 unspecified atom stereocenters. The number of unbranched alkanes of at least 4 members (excludes halogenated alkanes) is 6. The molecule has 2 fully saturated rings. The molecule has 0 heterocycles. The fourth-order valence-electron chi connectivity index (χ4n) is 10.1. The number of aryl methyl sites for hydroxylation is 2. The maximum atomic E-state index is 5.96. The highest BCUT2D eigenvalue weighted by atomic mass is 16.5. The monoisotopic (exact) mass is 803 g/mol. The lowest BCUT2D eigenvalue weighted by atomic mass is 9.76. The third kappa shape index (κ3) is 13.3. The maximum Gasteiger partial charge on any atom is 0.119 e. The third-order valence-electron chi connectivity index (χ3n) is 14.0. The van der Waals surface area contributed by atoms with Crippen LogP contribution < -0.4 is 9.47 Å². The number of benzene rings is 5. The molecule has 7 rings (SSSR count). The summed E-state index contributed by atoms with van der Waals surface area (Å²) in [5, 5.41) is 0. The van der Waals surface area contributed by atoms with Crippen LogP contribution in [0.5, 0.6) is 11.5 Å². The molecule has 0 saturated heterocycles. The lowest BCUT2D eigenvalue weighted by molar-refractivity contribution is 0.305. The summed E-state index contributed by atoms with van der Waals surface area (Å²) in [7, 11) is 0. The van der Waals surface area contributed by atoms with Gasteiger partial charge in [-0.1, -0.05) is 149 Å². The molecule has 318 valence electrons. The van der Waals surface area contributed by atoms with Gasteiger partial charge in [-0.15, -0.1) is 0 Å². The highest BCUT2D eigenvalue weighted by molar-refractivity contribution is 5.65. The van der Waals surface area contributed by atoms with Crippen molar-refractivity contribution in [1.29, 1.82) is 0 Å². The Kier molecular flexibility index (Phi) is 17.2. The normalized spacial score (nSPS) is 19.2. The van der Waals surface area contributed by atoms with Crippen molar-refractivity contribution < 1.29 is 9.47 Å². The van der Waals surface area contributed by atoms with Gasteiger partial charge >= 0.3 is 0 Å². The summed E-state index contributed by atoms with van der Waals surface area (Å²) in [6, 6.07) is 45.8. The summed E-state index contributed by atoms with van der Waals surface area (Å²) in [6.45, 7) is 6.13. The highest BCUT2D eigenvalue weighted by Crippen LogP contribution is 2.40. The Hall–Kier alpha value is -4.30. The number of hydrogen-bond acceptors (Lipinski definition) is 2. The van der Waals surface area contributed by atoms with E-state index in [1.807, 2.05) is 0 Å². The van der Waals surface area contributed by atoms with Crippen molar-refractivity contribution in [2.75, 3.05) is 13.2 Å². The molecular formula is C58H74O2. The Morgan fingerprint density at radius 1 is 0.400 bits per heavy atom. The Morgan fingerprint density at radius 3 is 1.13 bits per heavy atom. The summed E-state index contributed by atoms with van der Waals surface area (Å²) in [4.78, 5) is 0. The Labute approximate surface area is 364 Å². The first kappa shape index (κ1) is 43.8. The van der Waals surface area contributed by atoms with E-state index in [-0.39, 0.29) is 0 Å². The predicted molar refractivity (Wildman–Crippen MR) is 256 cm³/mol. The molecule has 2 saturated carbocycles. The zero-order valence-electron chi connectivity index (χ0n) is 37.2. The molecule has 0 aromatic heterocycles. The van der Waals surface area contributed by atoms with Gasteiger partial charge in [-0.05, 0) is 182 Å². The van der Waals surface area contributed by atoms with E-state index in [0.717, 1.165) is 49.4 Å². The summed E-state index contributed by atoms with van der Waals surface area (Å²) in [6.07, 6.45) is 25.8. The van der Waals surface area contributed by atoms with Gasteiger partial charge in [0.25, 0.3) is 0 Å². The van der Waals surface area contributed by atoms with Gasteiger partial charge in [0.15, 0.2) is 0 Å². The molecule has 5 aromatic rings. The molecule has 0 amide bonds. The molecule has 2 aliphatic rings. The fraction of sp³-hybridized carbons (Fsp3) is 0.483.